The molecule has 0 bridgehead atoms. The smallest absolute Gasteiger partial charge is 0.753 e. The molecule has 2 N–H and O–H groups in total. The van der Waals surface area contributed by atoms with Crippen molar-refractivity contribution in [1.82, 2.24) is 19.9 Å². The monoisotopic (exact) mass is 1100 g/mol. The molecule has 0 saturated carbocycles. The Labute approximate surface area is 456 Å². The number of hydrogen-bond donors (Lipinski definition) is 1. The fraction of sp³-hybridized carbons (Fsp3) is 0.311. The predicted octanol–water partition coefficient (Wildman–Crippen LogP) is 18.8. The van der Waals surface area contributed by atoms with E-state index in [1.54, 1.807) is 12.1 Å². The average Bonchev–Trinajstić information content (AvgIpc) is 3.38. The molecule has 8 nitrogen and oxygen atoms in total. The first kappa shape index (κ1) is 61.8. The molecule has 0 aliphatic heterocycles. The maximum Gasteiger partial charge on any atom is 2.00 e. The summed E-state index contributed by atoms with van der Waals surface area (Å²) in [4.78, 5) is 20.3. The van der Waals surface area contributed by atoms with Gasteiger partial charge in [-0.25, -0.2) is 4.98 Å². The summed E-state index contributed by atoms with van der Waals surface area (Å²) in [6, 6.07) is 32.4. The summed E-state index contributed by atoms with van der Waals surface area (Å²) in [5.74, 6) is 0. The van der Waals surface area contributed by atoms with Gasteiger partial charge in [-0.1, -0.05) is 147 Å². The Bertz CT molecular complexity index is 2770. The van der Waals surface area contributed by atoms with Crippen molar-refractivity contribution < 1.29 is 32.6 Å². The minimum absolute atomic E-state index is 0. The zero-order valence-electron chi connectivity index (χ0n) is 43.7. The number of pyridine rings is 4. The van der Waals surface area contributed by atoms with Gasteiger partial charge in [0, 0.05) is 41.3 Å². The molecule has 0 atom stereocenters. The number of benzene rings is 2. The van der Waals surface area contributed by atoms with Crippen LogP contribution in [-0.2, 0) is 32.3 Å². The van der Waals surface area contributed by atoms with Crippen molar-refractivity contribution in [2.75, 3.05) is 4.90 Å². The van der Waals surface area contributed by atoms with E-state index >= 15 is 0 Å². The van der Waals surface area contributed by atoms with Crippen LogP contribution in [0.1, 0.15) is 133 Å². The van der Waals surface area contributed by atoms with Gasteiger partial charge in [-0.15, -0.1) is 5.70 Å². The minimum atomic E-state index is -4.81. The topological polar surface area (TPSA) is 125 Å². The number of hydrogen-bond acceptors (Lipinski definition) is 7. The van der Waals surface area contributed by atoms with Crippen molar-refractivity contribution in [3.8, 4) is 22.8 Å². The molecule has 4 aromatic heterocycles. The van der Waals surface area contributed by atoms with E-state index < -0.39 is 17.6 Å². The third-order valence-electron chi connectivity index (χ3n) is 11.2. The second kappa shape index (κ2) is 31.9. The Morgan fingerprint density at radius 2 is 1.08 bits per heavy atom. The van der Waals surface area contributed by atoms with Crippen molar-refractivity contribution in [3.05, 3.63) is 185 Å². The van der Waals surface area contributed by atoms with Gasteiger partial charge < -0.3 is 16.0 Å². The van der Waals surface area contributed by atoms with Crippen LogP contribution in [-0.4, -0.2) is 37.0 Å². The second-order valence-electron chi connectivity index (χ2n) is 18.5. The maximum atomic E-state index is 12.9. The van der Waals surface area contributed by atoms with Crippen LogP contribution in [0.15, 0.2) is 140 Å². The van der Waals surface area contributed by atoms with Crippen molar-refractivity contribution >= 4 is 64.1 Å². The third-order valence-corrected chi connectivity index (χ3v) is 11.2. The standard InChI is InChI=1S/C31H36F3N4.C29H33N3.CNS.Ru/c1-3-5-7-9-23-11-15-25(16-12-23)38(26-17-13-24(14-18-26)10-8-6-4-2)27-19-20-37-29(21-27)28(35)22-30(36)31(32,33)34;1-6-8-10-22-13-16-30-25(18-22)27-20-24(11-9-7-2)21-28(32-27)26-19-23(14-17-31-26)12-15-29(3,4)5;2-1-3;/h11-22,35-36H,3-10H2,1-2H3;8-21H,6-7H2,1-5H3;;/q-1;;-1;+2/b28-22-,36-30?;10-8+,11-9+,15-12+;;. The molecule has 0 aliphatic carbocycles. The van der Waals surface area contributed by atoms with Gasteiger partial charge in [-0.3, -0.25) is 20.4 Å². The van der Waals surface area contributed by atoms with Crippen LogP contribution in [0.4, 0.5) is 30.2 Å². The van der Waals surface area contributed by atoms with E-state index in [0.717, 1.165) is 89.4 Å². The van der Waals surface area contributed by atoms with E-state index in [0.29, 0.717) is 11.8 Å². The molecular formula is C61H69F3N8RuS. The van der Waals surface area contributed by atoms with Gasteiger partial charge >= 0.3 is 25.7 Å². The van der Waals surface area contributed by atoms with Crippen molar-refractivity contribution in [2.45, 2.75) is 119 Å². The van der Waals surface area contributed by atoms with E-state index in [4.69, 9.17) is 21.5 Å². The fourth-order valence-electron chi connectivity index (χ4n) is 7.38. The molecule has 6 aromatic rings. The Morgan fingerprint density at radius 1 is 0.635 bits per heavy atom. The van der Waals surface area contributed by atoms with Gasteiger partial charge in [0.15, 0.2) is 0 Å². The molecule has 388 valence electrons. The van der Waals surface area contributed by atoms with E-state index in [9.17, 15) is 13.2 Å². The number of nitrogens with zero attached hydrogens (tertiary/aromatic N) is 6. The SMILES string of the molecule is CC/C=C/c1ccnc(-c2cc(/C=C/CC)cc(-c3cc(/C=C/C(C)(C)C)ccn3)n2)c1.CCCCCc1ccc(N(c2ccc(CCCCC)cc2)c2ccnc(/C([NH-])=C/C(=N)C(F)(F)F)c2)cc1.[N-]=C=S.[Ru+2]. The summed E-state index contributed by atoms with van der Waals surface area (Å²) in [6.45, 7) is 15.2. The largest absolute Gasteiger partial charge is 2.00 e. The summed E-state index contributed by atoms with van der Waals surface area (Å²) < 4.78 is 38.6. The number of nitrogens with one attached hydrogen (secondary N) is 2. The predicted molar refractivity (Wildman–Crippen MR) is 305 cm³/mol. The number of rotatable bonds is 20. The van der Waals surface area contributed by atoms with Crippen molar-refractivity contribution in [1.29, 1.82) is 5.41 Å². The van der Waals surface area contributed by atoms with Gasteiger partial charge in [-0.2, -0.15) is 18.3 Å². The summed E-state index contributed by atoms with van der Waals surface area (Å²) in [5.41, 5.74) is 18.0. The Balaban J connectivity index is 0.000000370. The number of alkyl halides is 3. The molecule has 0 amide bonds. The zero-order valence-corrected chi connectivity index (χ0v) is 46.2. The number of halogens is 3. The van der Waals surface area contributed by atoms with Crippen LogP contribution >= 0.6 is 12.2 Å². The summed E-state index contributed by atoms with van der Waals surface area (Å²) in [7, 11) is 0. The fourth-order valence-corrected chi connectivity index (χ4v) is 7.38. The average molecular weight is 1100 g/mol. The number of isothiocyanates is 1. The maximum absolute atomic E-state index is 12.9. The van der Waals surface area contributed by atoms with Gasteiger partial charge in [0.2, 0.25) is 0 Å². The molecule has 0 fully saturated rings. The third kappa shape index (κ3) is 21.1. The van der Waals surface area contributed by atoms with Crippen LogP contribution in [0.3, 0.4) is 0 Å². The Hall–Kier alpha value is -6.52. The Morgan fingerprint density at radius 3 is 1.53 bits per heavy atom. The van der Waals surface area contributed by atoms with Crippen LogP contribution in [0, 0.1) is 10.8 Å². The van der Waals surface area contributed by atoms with Gasteiger partial charge in [0.25, 0.3) is 0 Å². The van der Waals surface area contributed by atoms with Gasteiger partial charge in [-0.05, 0) is 151 Å². The van der Waals surface area contributed by atoms with Crippen LogP contribution in [0.2, 0.25) is 0 Å². The first-order chi connectivity index (χ1) is 35.0. The van der Waals surface area contributed by atoms with Crippen LogP contribution in [0.25, 0.3) is 57.8 Å². The number of aromatic nitrogens is 4. The first-order valence-corrected chi connectivity index (χ1v) is 25.4. The minimum Gasteiger partial charge on any atom is -0.753 e. The number of thiocarbonyl (C=S) groups is 1. The molecule has 74 heavy (non-hydrogen) atoms. The first-order valence-electron chi connectivity index (χ1n) is 25.0. The second-order valence-corrected chi connectivity index (χ2v) is 18.7. The van der Waals surface area contributed by atoms with Crippen LogP contribution in [0.5, 0.6) is 0 Å². The molecule has 0 aliphatic rings. The molecule has 13 heteroatoms. The van der Waals surface area contributed by atoms with E-state index in [-0.39, 0.29) is 30.6 Å². The van der Waals surface area contributed by atoms with Gasteiger partial charge in [0.1, 0.15) is 5.71 Å². The molecule has 6 rings (SSSR count). The van der Waals surface area contributed by atoms with Crippen molar-refractivity contribution in [3.63, 3.8) is 0 Å². The number of anilines is 3. The zero-order chi connectivity index (χ0) is 53.2. The summed E-state index contributed by atoms with van der Waals surface area (Å²) in [5, 5.41) is 15.7. The summed E-state index contributed by atoms with van der Waals surface area (Å²) in [6.07, 6.45) is 24.8. The molecule has 4 heterocycles. The van der Waals surface area contributed by atoms with E-state index in [1.165, 1.54) is 48.2 Å². The molecular weight excluding hydrogens is 1030 g/mol. The molecule has 0 unspecified atom stereocenters. The van der Waals surface area contributed by atoms with E-state index in [1.807, 2.05) is 53.7 Å². The van der Waals surface area contributed by atoms with Crippen molar-refractivity contribution in [2.24, 2.45) is 5.41 Å². The number of aryl methyl sites for hydroxylation is 2. The quantitative estimate of drug-likeness (QED) is 0.0351. The summed E-state index contributed by atoms with van der Waals surface area (Å²) >= 11 is 3.70. The normalized spacial score (nSPS) is 11.6. The molecule has 0 spiro atoms. The number of allylic oxidation sites excluding steroid dienone is 4. The van der Waals surface area contributed by atoms with Crippen LogP contribution < -0.4 is 4.90 Å². The van der Waals surface area contributed by atoms with Gasteiger partial charge in [0.05, 0.1) is 22.8 Å². The Kier molecular flexibility index (Phi) is 26.7. The molecule has 2 aromatic carbocycles. The molecule has 0 saturated heterocycles. The molecule has 0 radical (unpaired) electrons. The van der Waals surface area contributed by atoms with E-state index in [2.05, 4.69) is 161 Å². The number of unbranched alkanes of at least 4 members (excludes halogenated alkanes) is 4.